The van der Waals surface area contributed by atoms with Gasteiger partial charge in [-0.1, -0.05) is 75.8 Å². The molecule has 1 aliphatic heterocycles. The minimum absolute atomic E-state index is 0.100. The second kappa shape index (κ2) is 10.2. The normalized spacial score (nSPS) is 15.4. The van der Waals surface area contributed by atoms with Crippen molar-refractivity contribution in [1.29, 1.82) is 0 Å². The number of carbonyl (C=O) groups excluding carboxylic acids is 1. The molecule has 0 unspecified atom stereocenters. The molecule has 0 aliphatic carbocycles. The highest BCUT2D eigenvalue weighted by molar-refractivity contribution is 14.1. The molecule has 36 heavy (non-hydrogen) atoms. The number of hydrogen-bond donors (Lipinski definition) is 2. The minimum atomic E-state index is -0.649. The molecule has 4 aromatic rings. The van der Waals surface area contributed by atoms with E-state index in [2.05, 4.69) is 26.2 Å². The molecule has 0 spiro atoms. The average molecular weight is 672 g/mol. The topological polar surface area (TPSA) is 83.7 Å². The lowest BCUT2D eigenvalue weighted by Gasteiger charge is -2.25. The Morgan fingerprint density at radius 1 is 1.14 bits per heavy atom. The summed E-state index contributed by atoms with van der Waals surface area (Å²) in [7, 11) is 0. The molecule has 2 heterocycles. The van der Waals surface area contributed by atoms with E-state index in [-0.39, 0.29) is 17.2 Å². The number of anilines is 1. The van der Waals surface area contributed by atoms with Crippen LogP contribution in [-0.4, -0.2) is 15.6 Å². The lowest BCUT2D eigenvalue weighted by Crippen LogP contribution is -2.40. The second-order valence-electron chi connectivity index (χ2n) is 8.14. The van der Waals surface area contributed by atoms with Crippen LogP contribution in [0.3, 0.4) is 0 Å². The standard InChI is InChI=1S/C27H19BrIN3O3S/c1-15-22(25(34)31-19-10-6-3-7-11-19)23(16-8-4-2-5-9-16)32-26(35)21(36-27(32)30-15)13-17-12-18(28)14-20(29)24(17)33/h2-14,23,33H,1H3,(H,31,34)/b21-13+/t23-/m0/s1. The summed E-state index contributed by atoms with van der Waals surface area (Å²) in [5, 5.41) is 13.5. The maximum atomic E-state index is 13.7. The zero-order valence-corrected chi connectivity index (χ0v) is 23.5. The third-order valence-electron chi connectivity index (χ3n) is 5.76. The molecule has 1 amide bonds. The summed E-state index contributed by atoms with van der Waals surface area (Å²) in [6, 6.07) is 21.6. The number of phenolic OH excluding ortho intramolecular Hbond substituents is 1. The van der Waals surface area contributed by atoms with Crippen LogP contribution < -0.4 is 20.2 Å². The number of amides is 1. The van der Waals surface area contributed by atoms with E-state index in [1.165, 1.54) is 11.3 Å². The third-order valence-corrected chi connectivity index (χ3v) is 8.02. The van der Waals surface area contributed by atoms with Crippen LogP contribution in [0.2, 0.25) is 0 Å². The first-order chi connectivity index (χ1) is 17.3. The Hall–Kier alpha value is -3.02. The number of allylic oxidation sites excluding steroid dienone is 1. The molecule has 9 heteroatoms. The number of para-hydroxylation sites is 1. The fourth-order valence-electron chi connectivity index (χ4n) is 4.12. The van der Waals surface area contributed by atoms with E-state index in [9.17, 15) is 14.7 Å². The predicted molar refractivity (Wildman–Crippen MR) is 154 cm³/mol. The van der Waals surface area contributed by atoms with Crippen molar-refractivity contribution in [2.75, 3.05) is 5.32 Å². The van der Waals surface area contributed by atoms with Crippen molar-refractivity contribution in [2.24, 2.45) is 4.99 Å². The Bertz CT molecular complexity index is 1700. The first-order valence-corrected chi connectivity index (χ1v) is 13.6. The molecule has 0 saturated carbocycles. The Labute approximate surface area is 232 Å². The lowest BCUT2D eigenvalue weighted by molar-refractivity contribution is -0.113. The van der Waals surface area contributed by atoms with E-state index in [0.29, 0.717) is 35.4 Å². The van der Waals surface area contributed by atoms with Gasteiger partial charge in [0, 0.05) is 15.7 Å². The van der Waals surface area contributed by atoms with E-state index in [1.807, 2.05) is 83.3 Å². The smallest absolute Gasteiger partial charge is 0.271 e. The first-order valence-electron chi connectivity index (χ1n) is 11.0. The Morgan fingerprint density at radius 3 is 2.50 bits per heavy atom. The van der Waals surface area contributed by atoms with Crippen molar-refractivity contribution in [1.82, 2.24) is 4.57 Å². The SMILES string of the molecule is CC1=C(C(=O)Nc2ccccc2)[C@H](c2ccccc2)n2c(s/c(=C/c3cc(Br)cc(I)c3O)c2=O)=N1. The molecule has 0 saturated heterocycles. The first kappa shape index (κ1) is 24.7. The number of nitrogens with zero attached hydrogens (tertiary/aromatic N) is 2. The van der Waals surface area contributed by atoms with Gasteiger partial charge in [0.05, 0.1) is 25.4 Å². The Balaban J connectivity index is 1.69. The maximum Gasteiger partial charge on any atom is 0.271 e. The van der Waals surface area contributed by atoms with Gasteiger partial charge in [-0.3, -0.25) is 14.2 Å². The Morgan fingerprint density at radius 2 is 1.81 bits per heavy atom. The van der Waals surface area contributed by atoms with Gasteiger partial charge in [0.1, 0.15) is 5.75 Å². The number of fused-ring (bicyclic) bond motifs is 1. The minimum Gasteiger partial charge on any atom is -0.506 e. The second-order valence-corrected chi connectivity index (χ2v) is 11.2. The van der Waals surface area contributed by atoms with E-state index >= 15 is 0 Å². The fourth-order valence-corrected chi connectivity index (χ4v) is 6.71. The van der Waals surface area contributed by atoms with Crippen molar-refractivity contribution < 1.29 is 9.90 Å². The number of phenols is 1. The fraction of sp³-hybridized carbons (Fsp3) is 0.0741. The van der Waals surface area contributed by atoms with Crippen LogP contribution in [0, 0.1) is 3.57 Å². The molecule has 1 aliphatic rings. The largest absolute Gasteiger partial charge is 0.506 e. The van der Waals surface area contributed by atoms with Gasteiger partial charge in [0.25, 0.3) is 11.5 Å². The highest BCUT2D eigenvalue weighted by Gasteiger charge is 2.32. The predicted octanol–water partition coefficient (Wildman–Crippen LogP) is 4.95. The molecular weight excluding hydrogens is 653 g/mol. The molecule has 5 rings (SSSR count). The summed E-state index contributed by atoms with van der Waals surface area (Å²) in [4.78, 5) is 32.4. The molecule has 0 bridgehead atoms. The highest BCUT2D eigenvalue weighted by Crippen LogP contribution is 2.31. The van der Waals surface area contributed by atoms with Gasteiger partial charge < -0.3 is 10.4 Å². The van der Waals surface area contributed by atoms with Crippen molar-refractivity contribution in [3.8, 4) is 5.75 Å². The molecule has 0 radical (unpaired) electrons. The van der Waals surface area contributed by atoms with Gasteiger partial charge in [-0.2, -0.15) is 0 Å². The van der Waals surface area contributed by atoms with Crippen LogP contribution >= 0.6 is 49.9 Å². The van der Waals surface area contributed by atoms with Crippen molar-refractivity contribution >= 4 is 67.5 Å². The maximum absolute atomic E-state index is 13.7. The van der Waals surface area contributed by atoms with E-state index in [4.69, 9.17) is 0 Å². The molecule has 6 nitrogen and oxygen atoms in total. The number of aromatic nitrogens is 1. The summed E-state index contributed by atoms with van der Waals surface area (Å²) in [6.07, 6.45) is 1.66. The van der Waals surface area contributed by atoms with E-state index in [0.717, 1.165) is 10.0 Å². The van der Waals surface area contributed by atoms with Crippen LogP contribution in [0.25, 0.3) is 6.08 Å². The van der Waals surface area contributed by atoms with Crippen molar-refractivity contribution in [3.63, 3.8) is 0 Å². The van der Waals surface area contributed by atoms with Crippen LogP contribution in [-0.2, 0) is 4.79 Å². The van der Waals surface area contributed by atoms with Crippen molar-refractivity contribution in [2.45, 2.75) is 13.0 Å². The van der Waals surface area contributed by atoms with Crippen LogP contribution in [0.1, 0.15) is 24.1 Å². The van der Waals surface area contributed by atoms with Crippen molar-refractivity contribution in [3.05, 3.63) is 123 Å². The number of hydrogen-bond acceptors (Lipinski definition) is 5. The highest BCUT2D eigenvalue weighted by atomic mass is 127. The van der Waals surface area contributed by atoms with E-state index < -0.39 is 6.04 Å². The molecule has 1 atom stereocenters. The van der Waals surface area contributed by atoms with Crippen LogP contribution in [0.15, 0.2) is 98.3 Å². The number of thiazole rings is 1. The number of aromatic hydroxyl groups is 1. The summed E-state index contributed by atoms with van der Waals surface area (Å²) in [5.41, 5.74) is 2.66. The van der Waals surface area contributed by atoms with Gasteiger partial charge in [0.15, 0.2) is 4.80 Å². The average Bonchev–Trinajstić information content (AvgIpc) is 3.16. The number of halogens is 2. The summed E-state index contributed by atoms with van der Waals surface area (Å²) >= 11 is 6.73. The zero-order chi connectivity index (χ0) is 25.4. The van der Waals surface area contributed by atoms with Gasteiger partial charge in [-0.25, -0.2) is 4.99 Å². The Kier molecular flexibility index (Phi) is 6.96. The number of benzene rings is 3. The molecule has 3 aromatic carbocycles. The molecule has 2 N–H and O–H groups in total. The molecule has 0 fully saturated rings. The van der Waals surface area contributed by atoms with E-state index in [1.54, 1.807) is 29.7 Å². The van der Waals surface area contributed by atoms with Gasteiger partial charge in [0.2, 0.25) is 0 Å². The van der Waals surface area contributed by atoms with Crippen LogP contribution in [0.4, 0.5) is 5.69 Å². The monoisotopic (exact) mass is 671 g/mol. The summed E-state index contributed by atoms with van der Waals surface area (Å²) < 4.78 is 3.44. The zero-order valence-electron chi connectivity index (χ0n) is 18.9. The van der Waals surface area contributed by atoms with Gasteiger partial charge >= 0.3 is 0 Å². The quantitative estimate of drug-likeness (QED) is 0.302. The summed E-state index contributed by atoms with van der Waals surface area (Å²) in [6.45, 7) is 1.79. The molecular formula is C27H19BrIN3O3S. The third kappa shape index (κ3) is 4.70. The van der Waals surface area contributed by atoms with Gasteiger partial charge in [-0.05, 0) is 65.4 Å². The number of nitrogens with one attached hydrogen (secondary N) is 1. The number of carbonyl (C=O) groups is 1. The lowest BCUT2D eigenvalue weighted by atomic mass is 9.95. The number of rotatable bonds is 4. The summed E-state index contributed by atoms with van der Waals surface area (Å²) in [5.74, 6) is -0.215. The van der Waals surface area contributed by atoms with Gasteiger partial charge in [-0.15, -0.1) is 0 Å². The van der Waals surface area contributed by atoms with Crippen LogP contribution in [0.5, 0.6) is 5.75 Å². The molecule has 180 valence electrons. The molecule has 1 aromatic heterocycles.